The molecule has 0 N–H and O–H groups in total. The molecule has 0 saturated heterocycles. The zero-order valence-corrected chi connectivity index (χ0v) is 13.9. The first-order chi connectivity index (χ1) is 11.0. The minimum absolute atomic E-state index is 0.0164. The minimum atomic E-state index is -0.453. The number of nitro benzene ring substituents is 1. The van der Waals surface area contributed by atoms with Gasteiger partial charge in [0.2, 0.25) is 5.82 Å². The zero-order chi connectivity index (χ0) is 16.6. The van der Waals surface area contributed by atoms with Crippen molar-refractivity contribution in [2.45, 2.75) is 19.9 Å². The van der Waals surface area contributed by atoms with Gasteiger partial charge in [0.05, 0.1) is 15.1 Å². The molecule has 2 heterocycles. The van der Waals surface area contributed by atoms with Gasteiger partial charge in [-0.05, 0) is 41.9 Å². The topological polar surface area (TPSA) is 99.9 Å². The van der Waals surface area contributed by atoms with Gasteiger partial charge < -0.3 is 4.52 Å². The van der Waals surface area contributed by atoms with E-state index < -0.39 is 4.92 Å². The van der Waals surface area contributed by atoms with Gasteiger partial charge >= 0.3 is 0 Å². The Bertz CT molecular complexity index is 836. The molecule has 0 fully saturated rings. The third-order valence-corrected chi connectivity index (χ3v) is 4.17. The van der Waals surface area contributed by atoms with E-state index in [0.29, 0.717) is 17.3 Å². The summed E-state index contributed by atoms with van der Waals surface area (Å²) in [7, 11) is 0. The third kappa shape index (κ3) is 3.00. The van der Waals surface area contributed by atoms with Crippen LogP contribution in [0.1, 0.15) is 24.6 Å². The van der Waals surface area contributed by atoms with E-state index in [9.17, 15) is 10.1 Å². The van der Waals surface area contributed by atoms with Gasteiger partial charge in [0.15, 0.2) is 0 Å². The first kappa shape index (κ1) is 15.3. The number of hydrogen-bond donors (Lipinski definition) is 0. The van der Waals surface area contributed by atoms with E-state index in [-0.39, 0.29) is 11.7 Å². The van der Waals surface area contributed by atoms with Crippen LogP contribution in [0.15, 0.2) is 39.5 Å². The van der Waals surface area contributed by atoms with Crippen molar-refractivity contribution in [3.63, 3.8) is 0 Å². The summed E-state index contributed by atoms with van der Waals surface area (Å²) in [4.78, 5) is 14.6. The smallest absolute Gasteiger partial charge is 0.269 e. The Morgan fingerprint density at radius 2 is 2.04 bits per heavy atom. The maximum absolute atomic E-state index is 10.7. The Balaban J connectivity index is 1.86. The monoisotopic (exact) mass is 377 g/mol. The molecule has 1 atom stereocenters. The van der Waals surface area contributed by atoms with Crippen LogP contribution in [0.5, 0.6) is 0 Å². The Labute approximate surface area is 139 Å². The van der Waals surface area contributed by atoms with E-state index in [0.717, 1.165) is 10.2 Å². The zero-order valence-electron chi connectivity index (χ0n) is 12.3. The van der Waals surface area contributed by atoms with E-state index >= 15 is 0 Å². The summed E-state index contributed by atoms with van der Waals surface area (Å²) < 4.78 is 7.92. The van der Waals surface area contributed by atoms with Crippen molar-refractivity contribution >= 4 is 21.6 Å². The predicted octanol–water partition coefficient (Wildman–Crippen LogP) is 3.52. The molecular weight excluding hydrogens is 366 g/mol. The van der Waals surface area contributed by atoms with E-state index in [2.05, 4.69) is 31.2 Å². The second kappa shape index (κ2) is 5.92. The Hall–Kier alpha value is -2.55. The largest absolute Gasteiger partial charge is 0.337 e. The summed E-state index contributed by atoms with van der Waals surface area (Å²) in [6, 6.07) is 5.77. The standard InChI is InChI=1S/C14H12BrN5O3/c1-8-12(15)7-19(17-8)9(2)14-16-13(18-23-14)10-3-5-11(6-4-10)20(21)22/h3-7,9H,1-2H3. The van der Waals surface area contributed by atoms with Crippen LogP contribution in [-0.4, -0.2) is 24.8 Å². The van der Waals surface area contributed by atoms with Crippen LogP contribution in [-0.2, 0) is 0 Å². The minimum Gasteiger partial charge on any atom is -0.337 e. The molecular formula is C14H12BrN5O3. The average molecular weight is 378 g/mol. The van der Waals surface area contributed by atoms with Gasteiger partial charge in [-0.3, -0.25) is 14.8 Å². The Morgan fingerprint density at radius 1 is 1.35 bits per heavy atom. The molecule has 0 bridgehead atoms. The summed E-state index contributed by atoms with van der Waals surface area (Å²) in [5.74, 6) is 0.790. The molecule has 0 aliphatic rings. The fourth-order valence-corrected chi connectivity index (χ4v) is 2.31. The predicted molar refractivity (Wildman–Crippen MR) is 84.9 cm³/mol. The highest BCUT2D eigenvalue weighted by Gasteiger charge is 2.19. The van der Waals surface area contributed by atoms with Gasteiger partial charge in [-0.2, -0.15) is 10.1 Å². The van der Waals surface area contributed by atoms with Crippen LogP contribution in [0.3, 0.4) is 0 Å². The first-order valence-corrected chi connectivity index (χ1v) is 7.54. The maximum atomic E-state index is 10.7. The lowest BCUT2D eigenvalue weighted by molar-refractivity contribution is -0.384. The van der Waals surface area contributed by atoms with Crippen LogP contribution in [0.2, 0.25) is 0 Å². The number of aryl methyl sites for hydroxylation is 1. The summed E-state index contributed by atoms with van der Waals surface area (Å²) >= 11 is 3.41. The fourth-order valence-electron chi connectivity index (χ4n) is 2.03. The Kier molecular flexibility index (Phi) is 3.95. The summed E-state index contributed by atoms with van der Waals surface area (Å²) in [6.45, 7) is 3.79. The molecule has 1 unspecified atom stereocenters. The van der Waals surface area contributed by atoms with Gasteiger partial charge in [0.25, 0.3) is 11.6 Å². The van der Waals surface area contributed by atoms with Crippen LogP contribution in [0, 0.1) is 17.0 Å². The van der Waals surface area contributed by atoms with E-state index in [1.807, 2.05) is 20.0 Å². The highest BCUT2D eigenvalue weighted by atomic mass is 79.9. The van der Waals surface area contributed by atoms with Crippen molar-refractivity contribution in [2.75, 3.05) is 0 Å². The van der Waals surface area contributed by atoms with Crippen molar-refractivity contribution in [2.24, 2.45) is 0 Å². The van der Waals surface area contributed by atoms with Crippen LogP contribution in [0.25, 0.3) is 11.4 Å². The van der Waals surface area contributed by atoms with Crippen LogP contribution >= 0.6 is 15.9 Å². The van der Waals surface area contributed by atoms with Crippen LogP contribution in [0.4, 0.5) is 5.69 Å². The molecule has 0 aliphatic carbocycles. The lowest BCUT2D eigenvalue weighted by Gasteiger charge is -2.05. The van der Waals surface area contributed by atoms with Gasteiger partial charge in [0, 0.05) is 23.9 Å². The quantitative estimate of drug-likeness (QED) is 0.509. The van der Waals surface area contributed by atoms with Gasteiger partial charge in [-0.1, -0.05) is 5.16 Å². The molecule has 0 amide bonds. The van der Waals surface area contributed by atoms with Crippen LogP contribution < -0.4 is 0 Å². The molecule has 3 rings (SSSR count). The van der Waals surface area contributed by atoms with Crippen molar-refractivity contribution in [3.8, 4) is 11.4 Å². The van der Waals surface area contributed by atoms with Gasteiger partial charge in [-0.15, -0.1) is 0 Å². The normalized spacial score (nSPS) is 12.3. The third-order valence-electron chi connectivity index (χ3n) is 3.39. The van der Waals surface area contributed by atoms with Crippen molar-refractivity contribution < 1.29 is 9.45 Å². The van der Waals surface area contributed by atoms with Crippen molar-refractivity contribution in [1.82, 2.24) is 19.9 Å². The summed E-state index contributed by atoms with van der Waals surface area (Å²) in [6.07, 6.45) is 1.84. The highest BCUT2D eigenvalue weighted by Crippen LogP contribution is 2.24. The molecule has 3 aromatic rings. The highest BCUT2D eigenvalue weighted by molar-refractivity contribution is 9.10. The molecule has 0 spiro atoms. The van der Waals surface area contributed by atoms with E-state index in [1.165, 1.54) is 12.1 Å². The van der Waals surface area contributed by atoms with E-state index in [4.69, 9.17) is 4.52 Å². The molecule has 0 aliphatic heterocycles. The number of rotatable bonds is 4. The molecule has 2 aromatic heterocycles. The molecule has 0 radical (unpaired) electrons. The number of benzene rings is 1. The number of halogens is 1. The molecule has 23 heavy (non-hydrogen) atoms. The average Bonchev–Trinajstić information content (AvgIpc) is 3.14. The fraction of sp³-hybridized carbons (Fsp3) is 0.214. The Morgan fingerprint density at radius 3 is 2.61 bits per heavy atom. The van der Waals surface area contributed by atoms with Crippen molar-refractivity contribution in [3.05, 3.63) is 56.6 Å². The SMILES string of the molecule is Cc1nn(C(C)c2nc(-c3ccc([N+](=O)[O-])cc3)no2)cc1Br. The second-order valence-corrected chi connectivity index (χ2v) is 5.83. The molecule has 9 heteroatoms. The van der Waals surface area contributed by atoms with Crippen molar-refractivity contribution in [1.29, 1.82) is 0 Å². The molecule has 118 valence electrons. The lowest BCUT2D eigenvalue weighted by Crippen LogP contribution is -2.07. The molecule has 1 aromatic carbocycles. The lowest BCUT2D eigenvalue weighted by atomic mass is 10.2. The van der Waals surface area contributed by atoms with Gasteiger partial charge in [0.1, 0.15) is 6.04 Å². The number of nitrogens with zero attached hydrogens (tertiary/aromatic N) is 5. The van der Waals surface area contributed by atoms with Gasteiger partial charge in [-0.25, -0.2) is 0 Å². The number of aromatic nitrogens is 4. The number of hydrogen-bond acceptors (Lipinski definition) is 6. The first-order valence-electron chi connectivity index (χ1n) is 6.75. The maximum Gasteiger partial charge on any atom is 0.269 e. The number of non-ortho nitro benzene ring substituents is 1. The summed E-state index contributed by atoms with van der Waals surface area (Å²) in [5.41, 5.74) is 1.53. The second-order valence-electron chi connectivity index (χ2n) is 4.98. The number of nitro groups is 1. The molecule has 8 nitrogen and oxygen atoms in total. The molecule has 0 saturated carbocycles. The van der Waals surface area contributed by atoms with E-state index in [1.54, 1.807) is 16.8 Å². The summed E-state index contributed by atoms with van der Waals surface area (Å²) in [5, 5.41) is 19.0.